The normalized spacial score (nSPS) is 24.1. The third-order valence-electron chi connectivity index (χ3n) is 5.61. The molecule has 128 valence electrons. The molecule has 25 heavy (non-hydrogen) atoms. The zero-order valence-corrected chi connectivity index (χ0v) is 14.9. The quantitative estimate of drug-likeness (QED) is 0.667. The fourth-order valence-electron chi connectivity index (χ4n) is 4.22. The Kier molecular flexibility index (Phi) is 5.13. The molecule has 0 N–H and O–H groups in total. The van der Waals surface area contributed by atoms with Gasteiger partial charge in [-0.1, -0.05) is 78.9 Å². The summed E-state index contributed by atoms with van der Waals surface area (Å²) in [6.45, 7) is 3.52. The van der Waals surface area contributed by atoms with Crippen molar-refractivity contribution in [2.45, 2.75) is 25.2 Å². The molecule has 0 amide bonds. The molecule has 2 atom stereocenters. The Morgan fingerprint density at radius 1 is 0.920 bits per heavy atom. The van der Waals surface area contributed by atoms with Crippen LogP contribution in [0.3, 0.4) is 0 Å². The molecule has 2 aromatic carbocycles. The van der Waals surface area contributed by atoms with Crippen molar-refractivity contribution in [1.82, 2.24) is 4.90 Å². The number of hydrogen-bond donors (Lipinski definition) is 0. The molecule has 1 nitrogen and oxygen atoms in total. The van der Waals surface area contributed by atoms with Gasteiger partial charge in [0.25, 0.3) is 0 Å². The first-order valence-corrected chi connectivity index (χ1v) is 9.57. The summed E-state index contributed by atoms with van der Waals surface area (Å²) < 4.78 is 0. The number of rotatable bonds is 4. The predicted molar refractivity (Wildman–Crippen MR) is 107 cm³/mol. The van der Waals surface area contributed by atoms with Crippen molar-refractivity contribution >= 4 is 5.57 Å². The zero-order chi connectivity index (χ0) is 16.9. The topological polar surface area (TPSA) is 3.24 Å². The zero-order valence-electron chi connectivity index (χ0n) is 14.9. The van der Waals surface area contributed by atoms with Crippen molar-refractivity contribution in [3.8, 4) is 0 Å². The summed E-state index contributed by atoms with van der Waals surface area (Å²) in [5.74, 6) is 1.38. The van der Waals surface area contributed by atoms with Crippen LogP contribution in [0, 0.1) is 5.92 Å². The Morgan fingerprint density at radius 2 is 1.68 bits per heavy atom. The SMILES string of the molecule is C1=CC(c2ccccc2)CC(CN2CC=C(c3ccccc3)CC2)C1. The highest BCUT2D eigenvalue weighted by Crippen LogP contribution is 2.32. The van der Waals surface area contributed by atoms with E-state index in [1.165, 1.54) is 49.1 Å². The average molecular weight is 329 g/mol. The minimum atomic E-state index is 0.597. The average Bonchev–Trinajstić information content (AvgIpc) is 2.70. The van der Waals surface area contributed by atoms with Crippen LogP contribution < -0.4 is 0 Å². The highest BCUT2D eigenvalue weighted by molar-refractivity contribution is 5.66. The largest absolute Gasteiger partial charge is 0.299 e. The van der Waals surface area contributed by atoms with Crippen molar-refractivity contribution in [1.29, 1.82) is 0 Å². The summed E-state index contributed by atoms with van der Waals surface area (Å²) in [4.78, 5) is 2.64. The molecule has 1 heterocycles. The molecule has 1 aliphatic heterocycles. The minimum Gasteiger partial charge on any atom is -0.299 e. The van der Waals surface area contributed by atoms with Gasteiger partial charge in [-0.2, -0.15) is 0 Å². The van der Waals surface area contributed by atoms with Crippen LogP contribution >= 0.6 is 0 Å². The first-order chi connectivity index (χ1) is 12.4. The van der Waals surface area contributed by atoms with Gasteiger partial charge in [0, 0.05) is 25.6 Å². The second-order valence-electron chi connectivity index (χ2n) is 7.39. The number of hydrogen-bond acceptors (Lipinski definition) is 1. The third-order valence-corrected chi connectivity index (χ3v) is 5.61. The molecule has 0 saturated heterocycles. The van der Waals surface area contributed by atoms with Gasteiger partial charge in [0.2, 0.25) is 0 Å². The van der Waals surface area contributed by atoms with Gasteiger partial charge >= 0.3 is 0 Å². The lowest BCUT2D eigenvalue weighted by atomic mass is 9.82. The summed E-state index contributed by atoms with van der Waals surface area (Å²) in [7, 11) is 0. The molecule has 0 fully saturated rings. The lowest BCUT2D eigenvalue weighted by Gasteiger charge is -2.32. The maximum absolute atomic E-state index is 2.64. The van der Waals surface area contributed by atoms with E-state index in [9.17, 15) is 0 Å². The van der Waals surface area contributed by atoms with E-state index < -0.39 is 0 Å². The van der Waals surface area contributed by atoms with Gasteiger partial charge in [0.05, 0.1) is 0 Å². The van der Waals surface area contributed by atoms with Gasteiger partial charge < -0.3 is 0 Å². The molecule has 0 radical (unpaired) electrons. The van der Waals surface area contributed by atoms with Crippen LogP contribution in [-0.4, -0.2) is 24.5 Å². The maximum Gasteiger partial charge on any atom is 0.0169 e. The van der Waals surface area contributed by atoms with Gasteiger partial charge in [-0.3, -0.25) is 4.90 Å². The van der Waals surface area contributed by atoms with E-state index in [1.54, 1.807) is 0 Å². The van der Waals surface area contributed by atoms with Crippen LogP contribution in [-0.2, 0) is 0 Å². The Labute approximate surface area is 151 Å². The summed E-state index contributed by atoms with van der Waals surface area (Å²) in [6, 6.07) is 21.8. The highest BCUT2D eigenvalue weighted by atomic mass is 15.1. The standard InChI is InChI=1S/C24H27N/c1-3-9-21(10-4-1)23-14-16-25(17-15-23)19-20-8-7-13-24(18-20)22-11-5-2-6-12-22/h1-7,9-14,20,24H,8,15-19H2. The fraction of sp³-hybridized carbons (Fsp3) is 0.333. The number of nitrogens with zero attached hydrogens (tertiary/aromatic N) is 1. The van der Waals surface area contributed by atoms with Crippen molar-refractivity contribution in [3.05, 3.63) is 90.0 Å². The maximum atomic E-state index is 2.64. The molecule has 1 heteroatoms. The van der Waals surface area contributed by atoms with Crippen molar-refractivity contribution in [2.24, 2.45) is 5.92 Å². The molecule has 0 saturated carbocycles. The second kappa shape index (κ2) is 7.84. The first-order valence-electron chi connectivity index (χ1n) is 9.57. The summed E-state index contributed by atoms with van der Waals surface area (Å²) >= 11 is 0. The molecule has 1 aliphatic carbocycles. The van der Waals surface area contributed by atoms with Gasteiger partial charge in [-0.05, 0) is 41.9 Å². The molecular weight excluding hydrogens is 302 g/mol. The fourth-order valence-corrected chi connectivity index (χ4v) is 4.22. The predicted octanol–water partition coefficient (Wildman–Crippen LogP) is 5.53. The molecule has 2 aromatic rings. The van der Waals surface area contributed by atoms with Crippen molar-refractivity contribution in [3.63, 3.8) is 0 Å². The van der Waals surface area contributed by atoms with Crippen LogP contribution in [0.15, 0.2) is 78.9 Å². The summed E-state index contributed by atoms with van der Waals surface area (Å²) in [5, 5.41) is 0. The van der Waals surface area contributed by atoms with Gasteiger partial charge in [0.1, 0.15) is 0 Å². The van der Waals surface area contributed by atoms with Gasteiger partial charge in [-0.25, -0.2) is 0 Å². The van der Waals surface area contributed by atoms with E-state index in [2.05, 4.69) is 83.8 Å². The summed E-state index contributed by atoms with van der Waals surface area (Å²) in [6.07, 6.45) is 10.9. The van der Waals surface area contributed by atoms with Crippen LogP contribution in [0.25, 0.3) is 5.57 Å². The van der Waals surface area contributed by atoms with E-state index in [4.69, 9.17) is 0 Å². The van der Waals surface area contributed by atoms with E-state index in [0.29, 0.717) is 5.92 Å². The third kappa shape index (κ3) is 4.11. The van der Waals surface area contributed by atoms with Crippen molar-refractivity contribution < 1.29 is 0 Å². The lowest BCUT2D eigenvalue weighted by Crippen LogP contribution is -2.34. The van der Waals surface area contributed by atoms with Crippen LogP contribution in [0.1, 0.15) is 36.3 Å². The molecule has 0 spiro atoms. The Balaban J connectivity index is 1.34. The Morgan fingerprint density at radius 3 is 2.40 bits per heavy atom. The van der Waals surface area contributed by atoms with Crippen molar-refractivity contribution in [2.75, 3.05) is 19.6 Å². The Bertz CT molecular complexity index is 729. The van der Waals surface area contributed by atoms with Crippen LogP contribution in [0.5, 0.6) is 0 Å². The molecule has 4 rings (SSSR count). The van der Waals surface area contributed by atoms with E-state index in [1.807, 2.05) is 0 Å². The molecule has 0 aromatic heterocycles. The molecule has 2 unspecified atom stereocenters. The molecular formula is C24H27N. The summed E-state index contributed by atoms with van der Waals surface area (Å²) in [5.41, 5.74) is 4.38. The van der Waals surface area contributed by atoms with E-state index >= 15 is 0 Å². The minimum absolute atomic E-state index is 0.597. The molecule has 2 aliphatic rings. The number of benzene rings is 2. The van der Waals surface area contributed by atoms with E-state index in [0.717, 1.165) is 12.5 Å². The van der Waals surface area contributed by atoms with Gasteiger partial charge in [-0.15, -0.1) is 0 Å². The highest BCUT2D eigenvalue weighted by Gasteiger charge is 2.22. The second-order valence-corrected chi connectivity index (χ2v) is 7.39. The van der Waals surface area contributed by atoms with Crippen LogP contribution in [0.4, 0.5) is 0 Å². The lowest BCUT2D eigenvalue weighted by molar-refractivity contribution is 0.237. The van der Waals surface area contributed by atoms with Crippen LogP contribution in [0.2, 0.25) is 0 Å². The molecule has 0 bridgehead atoms. The first kappa shape index (κ1) is 16.4. The smallest absolute Gasteiger partial charge is 0.0169 e. The monoisotopic (exact) mass is 329 g/mol. The number of allylic oxidation sites excluding steroid dienone is 2. The van der Waals surface area contributed by atoms with Gasteiger partial charge in [0.15, 0.2) is 0 Å². The van der Waals surface area contributed by atoms with E-state index in [-0.39, 0.29) is 0 Å². The Hall–Kier alpha value is -2.12.